The van der Waals surface area contributed by atoms with E-state index in [2.05, 4.69) is 106 Å². The molecule has 5 atom stereocenters. The van der Waals surface area contributed by atoms with Crippen molar-refractivity contribution >= 4 is 33.6 Å². The zero-order valence-electron chi connectivity index (χ0n) is 57.3. The molecule has 0 saturated heterocycles. The lowest BCUT2D eigenvalue weighted by Crippen LogP contribution is -2.30. The first kappa shape index (κ1) is 87.7. The van der Waals surface area contributed by atoms with Gasteiger partial charge in [-0.05, 0) is 96.3 Å². The third-order valence-electron chi connectivity index (χ3n) is 15.1. The highest BCUT2D eigenvalue weighted by Crippen LogP contribution is 2.45. The summed E-state index contributed by atoms with van der Waals surface area (Å²) in [5, 5.41) is 20.5. The summed E-state index contributed by atoms with van der Waals surface area (Å²) >= 11 is 0. The molecule has 0 aliphatic heterocycles. The molecule has 0 radical (unpaired) electrons. The standard InChI is InChI=1S/C73H130O16P2/c1-4-7-10-13-16-19-22-24-25-26-27-28-29-30-31-32-33-34-35-36-37-38-39-40-41-43-46-47-50-53-56-59-71(76)83-62-68(74)63-85-90(79,80)86-64-69(75)65-87-91(81,82)88-67-70(89-73(78)61-58-55-52-49-44-21-18-15-12-9-6-3)66-84-72(77)60-57-54-51-48-45-42-23-20-17-14-11-8-5-2/h7,10,16,19-20,23-25,27-28,30-31,33-34,68-70,74-75H,4-6,8-9,11-15,17-18,21-22,26,29,32,35-67H2,1-3H3,(H,79,80)(H,81,82)/b10-7-,19-16-,23-20-,25-24-,28-27-,31-30-,34-33-. The highest BCUT2D eigenvalue weighted by Gasteiger charge is 2.29. The van der Waals surface area contributed by atoms with E-state index < -0.39 is 91.5 Å². The molecule has 0 saturated carbocycles. The number of phosphoric acid groups is 2. The Bertz CT molecular complexity index is 2000. The molecule has 0 aromatic carbocycles. The number of ether oxygens (including phenoxy) is 3. The average Bonchev–Trinajstić information content (AvgIpc) is 3.61. The summed E-state index contributed by atoms with van der Waals surface area (Å²) in [5.41, 5.74) is 0. The van der Waals surface area contributed by atoms with Crippen LogP contribution < -0.4 is 0 Å². The maximum Gasteiger partial charge on any atom is 0.472 e. The smallest absolute Gasteiger partial charge is 0.463 e. The molecule has 0 amide bonds. The molecule has 18 heteroatoms. The Morgan fingerprint density at radius 2 is 0.582 bits per heavy atom. The van der Waals surface area contributed by atoms with Gasteiger partial charge in [0.1, 0.15) is 25.4 Å². The van der Waals surface area contributed by atoms with E-state index in [9.17, 15) is 43.5 Å². The van der Waals surface area contributed by atoms with Crippen molar-refractivity contribution in [3.05, 3.63) is 85.1 Å². The Balaban J connectivity index is 4.35. The SMILES string of the molecule is CC/C=C\C/C=C\C/C=C\C/C=C\C/C=C\C/C=C\CCCCCCCCCCCCCCC(=O)OCC(O)COP(=O)(O)OCC(O)COP(=O)(O)OCC(COC(=O)CCCCCCC/C=C\CCCCCC)OC(=O)CCCCCCCCCCCCC. The summed E-state index contributed by atoms with van der Waals surface area (Å²) in [6.45, 7) is 2.54. The van der Waals surface area contributed by atoms with E-state index in [4.69, 9.17) is 32.3 Å². The number of hydrogen-bond donors (Lipinski definition) is 4. The Morgan fingerprint density at radius 3 is 0.945 bits per heavy atom. The molecule has 0 aromatic rings. The lowest BCUT2D eigenvalue weighted by atomic mass is 10.0. The second-order valence-electron chi connectivity index (χ2n) is 24.0. The van der Waals surface area contributed by atoms with Gasteiger partial charge in [0.15, 0.2) is 6.10 Å². The summed E-state index contributed by atoms with van der Waals surface area (Å²) < 4.78 is 60.8. The molecule has 528 valence electrons. The van der Waals surface area contributed by atoms with Gasteiger partial charge in [0.25, 0.3) is 0 Å². The van der Waals surface area contributed by atoms with Crippen LogP contribution in [0.2, 0.25) is 0 Å². The maximum absolute atomic E-state index is 12.8. The fourth-order valence-corrected chi connectivity index (χ4v) is 11.2. The van der Waals surface area contributed by atoms with E-state index in [1.807, 2.05) is 0 Å². The molecule has 91 heavy (non-hydrogen) atoms. The lowest BCUT2D eigenvalue weighted by molar-refractivity contribution is -0.161. The van der Waals surface area contributed by atoms with Gasteiger partial charge in [-0.2, -0.15) is 0 Å². The topological polar surface area (TPSA) is 231 Å². The normalized spacial score (nSPS) is 14.7. The molecule has 4 N–H and O–H groups in total. The number of esters is 3. The molecule has 0 aliphatic rings. The third-order valence-corrected chi connectivity index (χ3v) is 17.0. The first-order valence-corrected chi connectivity index (χ1v) is 38.9. The van der Waals surface area contributed by atoms with Gasteiger partial charge in [-0.15, -0.1) is 0 Å². The summed E-state index contributed by atoms with van der Waals surface area (Å²) in [4.78, 5) is 58.2. The summed E-state index contributed by atoms with van der Waals surface area (Å²) in [6, 6.07) is 0. The maximum atomic E-state index is 12.8. The number of carbonyl (C=O) groups excluding carboxylic acids is 3. The Labute approximate surface area is 553 Å². The Morgan fingerprint density at radius 1 is 0.319 bits per heavy atom. The number of aliphatic hydroxyl groups is 2. The minimum atomic E-state index is -4.91. The first-order chi connectivity index (χ1) is 44.2. The predicted molar refractivity (Wildman–Crippen MR) is 371 cm³/mol. The van der Waals surface area contributed by atoms with Crippen LogP contribution in [0, 0.1) is 0 Å². The second kappa shape index (κ2) is 66.7. The third kappa shape index (κ3) is 67.9. The van der Waals surface area contributed by atoms with E-state index in [0.29, 0.717) is 19.3 Å². The fourth-order valence-electron chi connectivity index (χ4n) is 9.63. The van der Waals surface area contributed by atoms with Crippen LogP contribution in [-0.2, 0) is 55.8 Å². The molecular formula is C73H130O16P2. The van der Waals surface area contributed by atoms with Crippen molar-refractivity contribution < 1.29 is 75.8 Å². The van der Waals surface area contributed by atoms with Crippen molar-refractivity contribution in [2.24, 2.45) is 0 Å². The van der Waals surface area contributed by atoms with Crippen molar-refractivity contribution in [2.45, 2.75) is 322 Å². The van der Waals surface area contributed by atoms with Gasteiger partial charge < -0.3 is 34.2 Å². The quantitative estimate of drug-likeness (QED) is 0.0146. The van der Waals surface area contributed by atoms with Crippen molar-refractivity contribution in [3.8, 4) is 0 Å². The Kier molecular flexibility index (Phi) is 64.3. The predicted octanol–water partition coefficient (Wildman–Crippen LogP) is 20.1. The van der Waals surface area contributed by atoms with E-state index in [0.717, 1.165) is 128 Å². The number of phosphoric ester groups is 2. The zero-order valence-corrected chi connectivity index (χ0v) is 59.0. The van der Waals surface area contributed by atoms with Crippen LogP contribution in [0.3, 0.4) is 0 Å². The van der Waals surface area contributed by atoms with E-state index in [-0.39, 0.29) is 19.3 Å². The van der Waals surface area contributed by atoms with Gasteiger partial charge in [-0.25, -0.2) is 9.13 Å². The molecule has 5 unspecified atom stereocenters. The van der Waals surface area contributed by atoms with Crippen molar-refractivity contribution in [2.75, 3.05) is 39.6 Å². The molecule has 0 aliphatic carbocycles. The minimum Gasteiger partial charge on any atom is -0.463 e. The van der Waals surface area contributed by atoms with Gasteiger partial charge in [-0.3, -0.25) is 32.5 Å². The van der Waals surface area contributed by atoms with Crippen LogP contribution in [0.15, 0.2) is 85.1 Å². The van der Waals surface area contributed by atoms with E-state index in [1.54, 1.807) is 0 Å². The summed E-state index contributed by atoms with van der Waals surface area (Å²) in [6.07, 6.45) is 72.3. The van der Waals surface area contributed by atoms with Crippen molar-refractivity contribution in [1.82, 2.24) is 0 Å². The largest absolute Gasteiger partial charge is 0.472 e. The number of rotatable bonds is 68. The Hall–Kier alpha value is -3.27. The van der Waals surface area contributed by atoms with Gasteiger partial charge in [0.05, 0.1) is 26.4 Å². The molecule has 16 nitrogen and oxygen atoms in total. The highest BCUT2D eigenvalue weighted by atomic mass is 31.2. The number of allylic oxidation sites excluding steroid dienone is 14. The average molecular weight is 1330 g/mol. The molecule has 0 fully saturated rings. The monoisotopic (exact) mass is 1320 g/mol. The second-order valence-corrected chi connectivity index (χ2v) is 26.9. The molecule has 0 heterocycles. The highest BCUT2D eigenvalue weighted by molar-refractivity contribution is 7.47. The number of carbonyl (C=O) groups is 3. The minimum absolute atomic E-state index is 0.108. The van der Waals surface area contributed by atoms with E-state index in [1.165, 1.54) is 116 Å². The van der Waals surface area contributed by atoms with Crippen LogP contribution >= 0.6 is 15.6 Å². The molecule has 0 rings (SSSR count). The number of aliphatic hydroxyl groups excluding tert-OH is 2. The van der Waals surface area contributed by atoms with Crippen LogP contribution in [-0.4, -0.2) is 95.9 Å². The van der Waals surface area contributed by atoms with E-state index >= 15 is 0 Å². The van der Waals surface area contributed by atoms with Crippen molar-refractivity contribution in [3.63, 3.8) is 0 Å². The van der Waals surface area contributed by atoms with Crippen LogP contribution in [0.25, 0.3) is 0 Å². The van der Waals surface area contributed by atoms with Gasteiger partial charge in [-0.1, -0.05) is 273 Å². The van der Waals surface area contributed by atoms with Crippen molar-refractivity contribution in [1.29, 1.82) is 0 Å². The number of hydrogen-bond acceptors (Lipinski definition) is 14. The number of unbranched alkanes of at least 4 members (excludes halogenated alkanes) is 31. The lowest BCUT2D eigenvalue weighted by Gasteiger charge is -2.21. The summed E-state index contributed by atoms with van der Waals surface area (Å²) in [5.74, 6) is -1.58. The fraction of sp³-hybridized carbons (Fsp3) is 0.767. The van der Waals surface area contributed by atoms with Gasteiger partial charge >= 0.3 is 33.6 Å². The molecule has 0 bridgehead atoms. The summed E-state index contributed by atoms with van der Waals surface area (Å²) in [7, 11) is -9.76. The van der Waals surface area contributed by atoms with Gasteiger partial charge in [0.2, 0.25) is 0 Å². The van der Waals surface area contributed by atoms with Gasteiger partial charge in [0, 0.05) is 19.3 Å². The molecule has 0 aromatic heterocycles. The first-order valence-electron chi connectivity index (χ1n) is 35.9. The van der Waals surface area contributed by atoms with Crippen LogP contribution in [0.4, 0.5) is 0 Å². The molecule has 0 spiro atoms. The molecular weight excluding hydrogens is 1190 g/mol. The van der Waals surface area contributed by atoms with Crippen LogP contribution in [0.5, 0.6) is 0 Å². The van der Waals surface area contributed by atoms with Crippen LogP contribution in [0.1, 0.15) is 303 Å². The zero-order chi connectivity index (χ0) is 66.7.